The smallest absolute Gasteiger partial charge is 0.0625 e. The van der Waals surface area contributed by atoms with Gasteiger partial charge < -0.3 is 10.8 Å². The number of hydrogen-bond acceptors (Lipinski definition) is 2. The van der Waals surface area contributed by atoms with Gasteiger partial charge in [0.05, 0.1) is 6.10 Å². The van der Waals surface area contributed by atoms with Gasteiger partial charge in [0.15, 0.2) is 0 Å². The average Bonchev–Trinajstić information content (AvgIpc) is 2.19. The molecule has 0 fully saturated rings. The van der Waals surface area contributed by atoms with E-state index < -0.39 is 6.10 Å². The van der Waals surface area contributed by atoms with Crippen molar-refractivity contribution in [1.82, 2.24) is 0 Å². The van der Waals surface area contributed by atoms with Crippen LogP contribution in [0.15, 0.2) is 24.3 Å². The molecule has 0 saturated carbocycles. The Morgan fingerprint density at radius 1 is 1.24 bits per heavy atom. The van der Waals surface area contributed by atoms with Crippen LogP contribution in [0.3, 0.4) is 0 Å². The molecule has 0 heterocycles. The van der Waals surface area contributed by atoms with Crippen molar-refractivity contribution in [3.8, 4) is 0 Å². The van der Waals surface area contributed by atoms with Crippen molar-refractivity contribution in [3.63, 3.8) is 0 Å². The van der Waals surface area contributed by atoms with Crippen LogP contribution in [-0.2, 0) is 0 Å². The van der Waals surface area contributed by atoms with E-state index in [9.17, 15) is 5.11 Å². The third kappa shape index (κ3) is 4.66. The SMILES string of the molecule is CC(C)(C)CC(O)C(CN)c1ccc(Cl)cc1. The molecule has 0 aliphatic heterocycles. The Kier molecular flexibility index (Phi) is 4.99. The number of rotatable bonds is 4. The molecule has 1 rings (SSSR count). The third-order valence-electron chi connectivity index (χ3n) is 2.84. The van der Waals surface area contributed by atoms with Crippen molar-refractivity contribution in [3.05, 3.63) is 34.9 Å². The van der Waals surface area contributed by atoms with E-state index in [0.717, 1.165) is 12.0 Å². The van der Waals surface area contributed by atoms with Gasteiger partial charge >= 0.3 is 0 Å². The molecule has 0 amide bonds. The van der Waals surface area contributed by atoms with Crippen molar-refractivity contribution in [2.45, 2.75) is 39.2 Å². The van der Waals surface area contributed by atoms with Crippen LogP contribution in [0, 0.1) is 5.41 Å². The van der Waals surface area contributed by atoms with Crippen LogP contribution in [-0.4, -0.2) is 17.8 Å². The molecular weight excluding hydrogens is 234 g/mol. The lowest BCUT2D eigenvalue weighted by molar-refractivity contribution is 0.0972. The van der Waals surface area contributed by atoms with Crippen LogP contribution in [0.25, 0.3) is 0 Å². The molecule has 0 radical (unpaired) electrons. The zero-order valence-corrected chi connectivity index (χ0v) is 11.5. The first-order valence-corrected chi connectivity index (χ1v) is 6.35. The van der Waals surface area contributed by atoms with Gasteiger partial charge in [0, 0.05) is 17.5 Å². The molecule has 0 saturated heterocycles. The predicted molar refractivity (Wildman–Crippen MR) is 73.3 cm³/mol. The summed E-state index contributed by atoms with van der Waals surface area (Å²) in [5, 5.41) is 11.0. The highest BCUT2D eigenvalue weighted by molar-refractivity contribution is 6.30. The van der Waals surface area contributed by atoms with E-state index in [2.05, 4.69) is 20.8 Å². The molecule has 0 bridgehead atoms. The number of aliphatic hydroxyl groups excluding tert-OH is 1. The van der Waals surface area contributed by atoms with Crippen LogP contribution >= 0.6 is 11.6 Å². The monoisotopic (exact) mass is 255 g/mol. The van der Waals surface area contributed by atoms with Crippen LogP contribution in [0.2, 0.25) is 5.02 Å². The molecule has 0 spiro atoms. The molecule has 17 heavy (non-hydrogen) atoms. The van der Waals surface area contributed by atoms with Gasteiger partial charge in [0.1, 0.15) is 0 Å². The van der Waals surface area contributed by atoms with Gasteiger partial charge in [0.25, 0.3) is 0 Å². The van der Waals surface area contributed by atoms with Crippen LogP contribution < -0.4 is 5.73 Å². The summed E-state index contributed by atoms with van der Waals surface area (Å²) in [6, 6.07) is 7.55. The Bertz CT molecular complexity index is 342. The molecule has 3 heteroatoms. The summed E-state index contributed by atoms with van der Waals surface area (Å²) in [6.45, 7) is 6.79. The molecule has 1 aromatic rings. The first-order chi connectivity index (χ1) is 7.83. The Morgan fingerprint density at radius 2 is 1.76 bits per heavy atom. The summed E-state index contributed by atoms with van der Waals surface area (Å²) in [4.78, 5) is 0. The number of halogens is 1. The lowest BCUT2D eigenvalue weighted by Crippen LogP contribution is -2.29. The number of nitrogens with two attached hydrogens (primary N) is 1. The van der Waals surface area contributed by atoms with Crippen LogP contribution in [0.5, 0.6) is 0 Å². The predicted octanol–water partition coefficient (Wildman–Crippen LogP) is 3.18. The van der Waals surface area contributed by atoms with E-state index in [1.54, 1.807) is 0 Å². The summed E-state index contributed by atoms with van der Waals surface area (Å²) in [7, 11) is 0. The maximum atomic E-state index is 10.3. The minimum atomic E-state index is -0.416. The second-order valence-corrected chi connectivity index (χ2v) is 6.16. The van der Waals surface area contributed by atoms with Crippen molar-refractivity contribution in [1.29, 1.82) is 0 Å². The zero-order valence-electron chi connectivity index (χ0n) is 10.8. The molecule has 2 atom stereocenters. The Balaban J connectivity index is 2.80. The largest absolute Gasteiger partial charge is 0.392 e. The Morgan fingerprint density at radius 3 is 2.18 bits per heavy atom. The highest BCUT2D eigenvalue weighted by atomic mass is 35.5. The summed E-state index contributed by atoms with van der Waals surface area (Å²) in [6.07, 6.45) is 0.318. The van der Waals surface area contributed by atoms with Crippen molar-refractivity contribution in [2.75, 3.05) is 6.54 Å². The maximum Gasteiger partial charge on any atom is 0.0625 e. The van der Waals surface area contributed by atoms with Gasteiger partial charge in [0.2, 0.25) is 0 Å². The lowest BCUT2D eigenvalue weighted by Gasteiger charge is -2.28. The minimum Gasteiger partial charge on any atom is -0.392 e. The number of benzene rings is 1. The van der Waals surface area contributed by atoms with Gasteiger partial charge in [-0.05, 0) is 29.5 Å². The van der Waals surface area contributed by atoms with E-state index >= 15 is 0 Å². The molecule has 96 valence electrons. The van der Waals surface area contributed by atoms with Gasteiger partial charge in [-0.1, -0.05) is 44.5 Å². The first-order valence-electron chi connectivity index (χ1n) is 5.97. The standard InChI is InChI=1S/C14H22ClNO/c1-14(2,3)8-13(17)12(9-16)10-4-6-11(15)7-5-10/h4-7,12-13,17H,8-9,16H2,1-3H3. The molecule has 3 N–H and O–H groups in total. The summed E-state index contributed by atoms with van der Waals surface area (Å²) >= 11 is 5.85. The normalized spacial score (nSPS) is 15.6. The van der Waals surface area contributed by atoms with Crippen LogP contribution in [0.1, 0.15) is 38.7 Å². The molecular formula is C14H22ClNO. The van der Waals surface area contributed by atoms with Gasteiger partial charge in [-0.15, -0.1) is 0 Å². The fourth-order valence-electron chi connectivity index (χ4n) is 1.99. The second-order valence-electron chi connectivity index (χ2n) is 5.73. The van der Waals surface area contributed by atoms with Crippen molar-refractivity contribution < 1.29 is 5.11 Å². The van der Waals surface area contributed by atoms with E-state index in [0.29, 0.717) is 11.6 Å². The molecule has 0 aromatic heterocycles. The summed E-state index contributed by atoms with van der Waals surface area (Å²) < 4.78 is 0. The van der Waals surface area contributed by atoms with Crippen molar-refractivity contribution >= 4 is 11.6 Å². The lowest BCUT2D eigenvalue weighted by atomic mass is 9.82. The van der Waals surface area contributed by atoms with Gasteiger partial charge in [-0.2, -0.15) is 0 Å². The number of aliphatic hydroxyl groups is 1. The van der Waals surface area contributed by atoms with E-state index in [-0.39, 0.29) is 11.3 Å². The molecule has 2 unspecified atom stereocenters. The first kappa shape index (κ1) is 14.5. The Hall–Kier alpha value is -0.570. The third-order valence-corrected chi connectivity index (χ3v) is 3.09. The molecule has 0 aliphatic carbocycles. The summed E-state index contributed by atoms with van der Waals surface area (Å²) in [5.74, 6) is -0.0218. The highest BCUT2D eigenvalue weighted by Gasteiger charge is 2.24. The van der Waals surface area contributed by atoms with Crippen molar-refractivity contribution in [2.24, 2.45) is 11.1 Å². The summed E-state index contributed by atoms with van der Waals surface area (Å²) in [5.41, 5.74) is 6.92. The second kappa shape index (κ2) is 5.85. The average molecular weight is 256 g/mol. The van der Waals surface area contributed by atoms with E-state index in [1.807, 2.05) is 24.3 Å². The fourth-order valence-corrected chi connectivity index (χ4v) is 2.12. The Labute approximate surface area is 109 Å². The quantitative estimate of drug-likeness (QED) is 0.868. The van der Waals surface area contributed by atoms with Gasteiger partial charge in [-0.25, -0.2) is 0 Å². The number of hydrogen-bond donors (Lipinski definition) is 2. The topological polar surface area (TPSA) is 46.2 Å². The molecule has 1 aromatic carbocycles. The van der Waals surface area contributed by atoms with E-state index in [1.165, 1.54) is 0 Å². The van der Waals surface area contributed by atoms with Crippen LogP contribution in [0.4, 0.5) is 0 Å². The minimum absolute atomic E-state index is 0.0218. The maximum absolute atomic E-state index is 10.3. The highest BCUT2D eigenvalue weighted by Crippen LogP contribution is 2.29. The van der Waals surface area contributed by atoms with E-state index in [4.69, 9.17) is 17.3 Å². The zero-order chi connectivity index (χ0) is 13.1. The fraction of sp³-hybridized carbons (Fsp3) is 0.571. The molecule has 2 nitrogen and oxygen atoms in total. The van der Waals surface area contributed by atoms with Gasteiger partial charge in [-0.3, -0.25) is 0 Å². The molecule has 0 aliphatic rings.